The maximum absolute atomic E-state index is 16.1. The second-order valence-electron chi connectivity index (χ2n) is 12.4. The largest absolute Gasteiger partial charge is 0.478 e. The van der Waals surface area contributed by atoms with Gasteiger partial charge < -0.3 is 20.1 Å². The molecule has 6 fully saturated rings. The predicted octanol–water partition coefficient (Wildman–Crippen LogP) is 2.35. The minimum absolute atomic E-state index is 0.0217. The highest BCUT2D eigenvalue weighted by Gasteiger charge is 2.61. The third kappa shape index (κ3) is 3.53. The van der Waals surface area contributed by atoms with Crippen molar-refractivity contribution in [3.63, 3.8) is 0 Å². The van der Waals surface area contributed by atoms with E-state index in [-0.39, 0.29) is 36.2 Å². The van der Waals surface area contributed by atoms with Gasteiger partial charge in [-0.05, 0) is 56.4 Å². The average Bonchev–Trinajstić information content (AvgIpc) is 3.27. The Labute approximate surface area is 206 Å². The van der Waals surface area contributed by atoms with Gasteiger partial charge in [0, 0.05) is 31.2 Å². The number of piperidine rings is 1. The number of hydrogen-bond acceptors (Lipinski definition) is 6. The number of alkyl halides is 1. The van der Waals surface area contributed by atoms with E-state index in [4.69, 9.17) is 4.74 Å². The Hall–Kier alpha value is -1.51. The normalized spacial score (nSPS) is 49.4. The molecule has 4 heterocycles. The molecular weight excluding hydrogens is 449 g/mol. The molecule has 3 saturated heterocycles. The highest BCUT2D eigenvalue weighted by molar-refractivity contribution is 6.18. The molecule has 3 aliphatic carbocycles. The number of ketones is 1. The van der Waals surface area contributed by atoms with Crippen LogP contribution in [0.2, 0.25) is 0 Å². The lowest BCUT2D eigenvalue weighted by Crippen LogP contribution is -2.73. The van der Waals surface area contributed by atoms with Crippen LogP contribution >= 0.6 is 0 Å². The summed E-state index contributed by atoms with van der Waals surface area (Å²) < 4.78 is 23.0. The number of fused-ring (bicyclic) bond motifs is 4. The summed E-state index contributed by atoms with van der Waals surface area (Å²) in [6, 6.07) is -0.145. The number of nitrogens with zero attached hydrogens (tertiary/aromatic N) is 2. The molecule has 7 rings (SSSR count). The van der Waals surface area contributed by atoms with Gasteiger partial charge in [-0.2, -0.15) is 0 Å². The van der Waals surface area contributed by atoms with Crippen LogP contribution in [0.5, 0.6) is 0 Å². The number of ether oxygens (including phenoxy) is 1. The summed E-state index contributed by atoms with van der Waals surface area (Å²) in [5, 5.41) is 13.5. The predicted molar refractivity (Wildman–Crippen MR) is 126 cm³/mol. The molecular formula is C27H38FN3O4. The molecule has 7 aliphatic rings. The molecule has 0 radical (unpaired) electrons. The van der Waals surface area contributed by atoms with Crippen LogP contribution in [0.3, 0.4) is 0 Å². The third-order valence-corrected chi connectivity index (χ3v) is 10.7. The second kappa shape index (κ2) is 8.52. The zero-order valence-electron chi connectivity index (χ0n) is 20.4. The first-order chi connectivity index (χ1) is 17.0. The molecule has 0 aromatic rings. The van der Waals surface area contributed by atoms with Gasteiger partial charge >= 0.3 is 5.97 Å². The third-order valence-electron chi connectivity index (χ3n) is 10.7. The van der Waals surface area contributed by atoms with Crippen molar-refractivity contribution >= 4 is 11.8 Å². The topological polar surface area (TPSA) is 82.1 Å². The number of aliphatic carboxylic acids is 1. The van der Waals surface area contributed by atoms with Crippen LogP contribution < -0.4 is 5.32 Å². The quantitative estimate of drug-likeness (QED) is 0.579. The second-order valence-corrected chi connectivity index (χ2v) is 12.4. The molecule has 8 heteroatoms. The Kier molecular flexibility index (Phi) is 5.52. The molecule has 2 N–H and O–H groups in total. The van der Waals surface area contributed by atoms with Crippen LogP contribution in [0.1, 0.15) is 57.8 Å². The summed E-state index contributed by atoms with van der Waals surface area (Å²) in [4.78, 5) is 29.8. The van der Waals surface area contributed by atoms with Gasteiger partial charge in [-0.3, -0.25) is 9.69 Å². The molecule has 0 spiro atoms. The highest BCUT2D eigenvalue weighted by Crippen LogP contribution is 2.51. The minimum Gasteiger partial charge on any atom is -0.478 e. The van der Waals surface area contributed by atoms with E-state index in [1.807, 2.05) is 0 Å². The molecule has 4 aliphatic heterocycles. The lowest BCUT2D eigenvalue weighted by atomic mass is 9.64. The minimum atomic E-state index is -1.19. The number of carbonyl (C=O) groups excluding carboxylic acids is 1. The van der Waals surface area contributed by atoms with Crippen molar-refractivity contribution in [1.29, 1.82) is 0 Å². The van der Waals surface area contributed by atoms with Crippen LogP contribution in [0.4, 0.5) is 4.39 Å². The first kappa shape index (κ1) is 22.7. The van der Waals surface area contributed by atoms with Gasteiger partial charge in [0.2, 0.25) is 0 Å². The Morgan fingerprint density at radius 1 is 1.03 bits per heavy atom. The van der Waals surface area contributed by atoms with E-state index in [1.54, 1.807) is 6.20 Å². The number of carbonyl (C=O) groups is 2. The number of morpholine rings is 1. The van der Waals surface area contributed by atoms with Crippen molar-refractivity contribution in [3.8, 4) is 0 Å². The average molecular weight is 488 g/mol. The van der Waals surface area contributed by atoms with Crippen LogP contribution in [-0.2, 0) is 14.3 Å². The summed E-state index contributed by atoms with van der Waals surface area (Å²) in [6.07, 6.45) is 9.42. The fourth-order valence-corrected chi connectivity index (χ4v) is 9.18. The molecule has 3 saturated carbocycles. The maximum atomic E-state index is 16.1. The Balaban J connectivity index is 1.25. The number of hydrogen-bond donors (Lipinski definition) is 2. The number of rotatable bonds is 2. The zero-order valence-corrected chi connectivity index (χ0v) is 20.4. The first-order valence-corrected chi connectivity index (χ1v) is 14.0. The van der Waals surface area contributed by atoms with Crippen LogP contribution in [0, 0.1) is 23.7 Å². The van der Waals surface area contributed by atoms with E-state index in [2.05, 4.69) is 15.1 Å². The van der Waals surface area contributed by atoms with Crippen molar-refractivity contribution in [2.24, 2.45) is 23.7 Å². The first-order valence-electron chi connectivity index (χ1n) is 14.0. The van der Waals surface area contributed by atoms with E-state index < -0.39 is 29.9 Å². The van der Waals surface area contributed by atoms with Crippen LogP contribution in [0.15, 0.2) is 11.8 Å². The number of halogens is 1. The Morgan fingerprint density at radius 2 is 1.80 bits per heavy atom. The summed E-state index contributed by atoms with van der Waals surface area (Å²) >= 11 is 0. The molecule has 0 amide bonds. The molecule has 7 nitrogen and oxygen atoms in total. The van der Waals surface area contributed by atoms with Crippen molar-refractivity contribution in [3.05, 3.63) is 11.8 Å². The molecule has 0 aromatic heterocycles. The van der Waals surface area contributed by atoms with Gasteiger partial charge in [-0.15, -0.1) is 0 Å². The maximum Gasteiger partial charge on any atom is 0.340 e. The number of carboxylic acids is 1. The lowest BCUT2D eigenvalue weighted by Gasteiger charge is -2.61. The lowest BCUT2D eigenvalue weighted by molar-refractivity contribution is -0.220. The van der Waals surface area contributed by atoms with Crippen LogP contribution in [-0.4, -0.2) is 88.8 Å². The molecule has 35 heavy (non-hydrogen) atoms. The van der Waals surface area contributed by atoms with Gasteiger partial charge in [0.1, 0.15) is 11.7 Å². The van der Waals surface area contributed by atoms with Gasteiger partial charge in [0.05, 0.1) is 30.3 Å². The van der Waals surface area contributed by atoms with E-state index in [1.165, 1.54) is 38.5 Å². The monoisotopic (exact) mass is 487 g/mol. The Bertz CT molecular complexity index is 914. The summed E-state index contributed by atoms with van der Waals surface area (Å²) in [6.45, 7) is 2.74. The van der Waals surface area contributed by atoms with E-state index >= 15 is 4.39 Å². The molecule has 0 aromatic carbocycles. The standard InChI is InChI=1S/C27H38FN3O4/c28-19-10-17-23-26(24(19)30-11-16-6-3-7-29-20(16)13-30)35-22-9-15-5-2-1-4-14(15)8-21(22)31(23)12-18(25(17)32)27(33)34/h12,14-17,19-24,26,29H,1-11,13H2,(H,33,34). The van der Waals surface area contributed by atoms with Crippen molar-refractivity contribution < 1.29 is 23.8 Å². The highest BCUT2D eigenvalue weighted by atomic mass is 19.1. The summed E-state index contributed by atoms with van der Waals surface area (Å²) in [5.74, 6) is -0.403. The fraction of sp³-hybridized carbons (Fsp3) is 0.852. The van der Waals surface area contributed by atoms with Crippen molar-refractivity contribution in [1.82, 2.24) is 15.1 Å². The van der Waals surface area contributed by atoms with E-state index in [9.17, 15) is 14.7 Å². The Morgan fingerprint density at radius 3 is 2.57 bits per heavy atom. The number of carboxylic acid groups (broad SMARTS) is 1. The van der Waals surface area contributed by atoms with E-state index in [0.29, 0.717) is 23.8 Å². The number of likely N-dealkylation sites (tertiary alicyclic amines) is 1. The molecule has 11 unspecified atom stereocenters. The zero-order chi connectivity index (χ0) is 23.8. The van der Waals surface area contributed by atoms with Gasteiger partial charge in [-0.1, -0.05) is 25.7 Å². The van der Waals surface area contributed by atoms with Gasteiger partial charge in [-0.25, -0.2) is 9.18 Å². The van der Waals surface area contributed by atoms with Crippen LogP contribution in [0.25, 0.3) is 0 Å². The number of nitrogens with one attached hydrogen (secondary N) is 1. The van der Waals surface area contributed by atoms with Gasteiger partial charge in [0.15, 0.2) is 5.78 Å². The van der Waals surface area contributed by atoms with Crippen molar-refractivity contribution in [2.75, 3.05) is 19.6 Å². The molecule has 11 atom stereocenters. The van der Waals surface area contributed by atoms with Gasteiger partial charge in [0.25, 0.3) is 0 Å². The number of Topliss-reactive ketones (excluding diaryl/α,β-unsaturated/α-hetero) is 1. The SMILES string of the molecule is O=C(O)C1=CN2C3CC4CCCCC4CC3OC3C(N4CC5CCCNC5C4)C(F)CC(C1=O)C32. The molecule has 192 valence electrons. The smallest absolute Gasteiger partial charge is 0.340 e. The summed E-state index contributed by atoms with van der Waals surface area (Å²) in [5.41, 5.74) is -0.168. The fourth-order valence-electron chi connectivity index (χ4n) is 9.18. The van der Waals surface area contributed by atoms with Crippen molar-refractivity contribution in [2.45, 2.75) is 100 Å². The summed E-state index contributed by atoms with van der Waals surface area (Å²) in [7, 11) is 0. The van der Waals surface area contributed by atoms with E-state index in [0.717, 1.165) is 32.5 Å². The molecule has 0 bridgehead atoms.